The smallest absolute Gasteiger partial charge is 0.390 e. The third-order valence-electron chi connectivity index (χ3n) is 2.47. The summed E-state index contributed by atoms with van der Waals surface area (Å²) in [6, 6.07) is 4.37. The van der Waals surface area contributed by atoms with Crippen molar-refractivity contribution in [2.75, 3.05) is 24.2 Å². The van der Waals surface area contributed by atoms with Crippen molar-refractivity contribution in [3.8, 4) is 0 Å². The first-order valence-corrected chi connectivity index (χ1v) is 5.18. The van der Waals surface area contributed by atoms with Gasteiger partial charge in [0.1, 0.15) is 0 Å². The molecule has 0 unspecified atom stereocenters. The molecule has 0 spiro atoms. The minimum atomic E-state index is -4.21. The van der Waals surface area contributed by atoms with E-state index in [0.717, 1.165) is 0 Å². The van der Waals surface area contributed by atoms with Crippen LogP contribution in [0, 0.1) is 0 Å². The van der Waals surface area contributed by atoms with Gasteiger partial charge in [-0.3, -0.25) is 4.79 Å². The number of amides is 1. The topological polar surface area (TPSA) is 72.3 Å². The first-order valence-electron chi connectivity index (χ1n) is 5.18. The maximum atomic E-state index is 12.1. The lowest BCUT2D eigenvalue weighted by Gasteiger charge is -2.21. The fourth-order valence-corrected chi connectivity index (χ4v) is 1.42. The predicted octanol–water partition coefficient (Wildman–Crippen LogP) is 1.76. The summed E-state index contributed by atoms with van der Waals surface area (Å²) >= 11 is 0. The lowest BCUT2D eigenvalue weighted by Crippen LogP contribution is -2.24. The number of hydrogen-bond donors (Lipinski definition) is 2. The van der Waals surface area contributed by atoms with Gasteiger partial charge in [-0.05, 0) is 18.2 Å². The van der Waals surface area contributed by atoms with Gasteiger partial charge in [0.05, 0.1) is 12.0 Å². The SMILES string of the molecule is CN(CCC(F)(F)F)c1ccc(N)c(C(N)=O)c1. The highest BCUT2D eigenvalue weighted by Crippen LogP contribution is 2.23. The molecule has 1 amide bonds. The fourth-order valence-electron chi connectivity index (χ4n) is 1.42. The molecular formula is C11H14F3N3O. The van der Waals surface area contributed by atoms with Crippen LogP contribution in [0.1, 0.15) is 16.8 Å². The zero-order valence-corrected chi connectivity index (χ0v) is 9.79. The van der Waals surface area contributed by atoms with Gasteiger partial charge in [0.2, 0.25) is 0 Å². The molecule has 7 heteroatoms. The Labute approximate surface area is 102 Å². The zero-order valence-electron chi connectivity index (χ0n) is 9.79. The summed E-state index contributed by atoms with van der Waals surface area (Å²) in [7, 11) is 1.50. The minimum absolute atomic E-state index is 0.103. The molecule has 0 heterocycles. The largest absolute Gasteiger partial charge is 0.398 e. The lowest BCUT2D eigenvalue weighted by molar-refractivity contribution is -0.132. The minimum Gasteiger partial charge on any atom is -0.398 e. The van der Waals surface area contributed by atoms with Crippen molar-refractivity contribution in [1.29, 1.82) is 0 Å². The molecule has 18 heavy (non-hydrogen) atoms. The Morgan fingerprint density at radius 2 is 2.00 bits per heavy atom. The molecule has 0 radical (unpaired) electrons. The summed E-state index contributed by atoms with van der Waals surface area (Å²) in [6.07, 6.45) is -5.14. The van der Waals surface area contributed by atoms with Crippen LogP contribution >= 0.6 is 0 Å². The first-order chi connectivity index (χ1) is 8.20. The molecular weight excluding hydrogens is 247 g/mol. The Hall–Kier alpha value is -1.92. The van der Waals surface area contributed by atoms with E-state index in [-0.39, 0.29) is 17.8 Å². The number of rotatable bonds is 4. The third kappa shape index (κ3) is 3.83. The maximum Gasteiger partial charge on any atom is 0.390 e. The Bertz CT molecular complexity index is 446. The maximum absolute atomic E-state index is 12.1. The molecule has 1 rings (SSSR count). The van der Waals surface area contributed by atoms with E-state index in [9.17, 15) is 18.0 Å². The quantitative estimate of drug-likeness (QED) is 0.811. The van der Waals surface area contributed by atoms with E-state index >= 15 is 0 Å². The molecule has 0 atom stereocenters. The number of hydrogen-bond acceptors (Lipinski definition) is 3. The van der Waals surface area contributed by atoms with E-state index in [1.807, 2.05) is 0 Å². The van der Waals surface area contributed by atoms with Crippen molar-refractivity contribution in [1.82, 2.24) is 0 Å². The van der Waals surface area contributed by atoms with Gasteiger partial charge in [0, 0.05) is 25.0 Å². The molecule has 1 aromatic carbocycles. The van der Waals surface area contributed by atoms with E-state index in [1.54, 1.807) is 0 Å². The molecule has 0 saturated carbocycles. The van der Waals surface area contributed by atoms with Gasteiger partial charge in [0.25, 0.3) is 5.91 Å². The second-order valence-electron chi connectivity index (χ2n) is 3.92. The van der Waals surface area contributed by atoms with Crippen molar-refractivity contribution in [3.05, 3.63) is 23.8 Å². The van der Waals surface area contributed by atoms with Crippen LogP contribution in [-0.2, 0) is 0 Å². The molecule has 100 valence electrons. The second kappa shape index (κ2) is 5.16. The monoisotopic (exact) mass is 261 g/mol. The van der Waals surface area contributed by atoms with Crippen molar-refractivity contribution >= 4 is 17.3 Å². The highest BCUT2D eigenvalue weighted by molar-refractivity contribution is 5.99. The molecule has 1 aromatic rings. The second-order valence-corrected chi connectivity index (χ2v) is 3.92. The number of nitrogens with two attached hydrogens (primary N) is 2. The molecule has 0 aromatic heterocycles. The van der Waals surface area contributed by atoms with Crippen LogP contribution in [-0.4, -0.2) is 25.7 Å². The summed E-state index contributed by atoms with van der Waals surface area (Å²) in [5.74, 6) is -0.710. The molecule has 4 N–H and O–H groups in total. The average Bonchev–Trinajstić information content (AvgIpc) is 2.25. The average molecular weight is 261 g/mol. The van der Waals surface area contributed by atoms with Crippen LogP contribution in [0.5, 0.6) is 0 Å². The summed E-state index contributed by atoms with van der Waals surface area (Å²) in [5.41, 5.74) is 11.4. The van der Waals surface area contributed by atoms with E-state index in [4.69, 9.17) is 11.5 Å². The van der Waals surface area contributed by atoms with Crippen molar-refractivity contribution in [2.24, 2.45) is 5.73 Å². The van der Waals surface area contributed by atoms with Crippen LogP contribution < -0.4 is 16.4 Å². The Balaban J connectivity index is 2.83. The molecule has 0 fully saturated rings. The van der Waals surface area contributed by atoms with Gasteiger partial charge in [-0.2, -0.15) is 13.2 Å². The summed E-state index contributed by atoms with van der Waals surface area (Å²) in [4.78, 5) is 12.4. The Morgan fingerprint density at radius 1 is 1.39 bits per heavy atom. The molecule has 0 saturated heterocycles. The lowest BCUT2D eigenvalue weighted by atomic mass is 10.1. The normalized spacial score (nSPS) is 11.3. The van der Waals surface area contributed by atoms with Gasteiger partial charge in [-0.1, -0.05) is 0 Å². The van der Waals surface area contributed by atoms with Crippen LogP contribution in [0.2, 0.25) is 0 Å². The number of primary amides is 1. The molecule has 0 aliphatic carbocycles. The van der Waals surface area contributed by atoms with Crippen LogP contribution in [0.15, 0.2) is 18.2 Å². The van der Waals surface area contributed by atoms with Crippen molar-refractivity contribution < 1.29 is 18.0 Å². The number of nitrogens with zero attached hydrogens (tertiary/aromatic N) is 1. The zero-order chi connectivity index (χ0) is 13.9. The Morgan fingerprint density at radius 3 is 2.50 bits per heavy atom. The first kappa shape index (κ1) is 14.1. The fraction of sp³-hybridized carbons (Fsp3) is 0.364. The number of nitrogen functional groups attached to an aromatic ring is 1. The predicted molar refractivity (Wildman–Crippen MR) is 63.3 cm³/mol. The van der Waals surface area contributed by atoms with Gasteiger partial charge in [0.15, 0.2) is 0 Å². The number of alkyl halides is 3. The highest BCUT2D eigenvalue weighted by atomic mass is 19.4. The molecule has 4 nitrogen and oxygen atoms in total. The molecule has 0 bridgehead atoms. The van der Waals surface area contributed by atoms with Gasteiger partial charge in [-0.15, -0.1) is 0 Å². The number of anilines is 2. The number of halogens is 3. The van der Waals surface area contributed by atoms with Gasteiger partial charge >= 0.3 is 6.18 Å². The van der Waals surface area contributed by atoms with Gasteiger partial charge < -0.3 is 16.4 Å². The summed E-state index contributed by atoms with van der Waals surface area (Å²) in [5, 5.41) is 0. The van der Waals surface area contributed by atoms with Crippen LogP contribution in [0.25, 0.3) is 0 Å². The molecule has 0 aliphatic heterocycles. The number of carbonyl (C=O) groups is 1. The van der Waals surface area contributed by atoms with Crippen LogP contribution in [0.3, 0.4) is 0 Å². The molecule has 0 aliphatic rings. The van der Waals surface area contributed by atoms with E-state index in [1.165, 1.54) is 30.1 Å². The van der Waals surface area contributed by atoms with Crippen molar-refractivity contribution in [2.45, 2.75) is 12.6 Å². The third-order valence-corrected chi connectivity index (χ3v) is 2.47. The Kier molecular flexibility index (Phi) is 4.05. The van der Waals surface area contributed by atoms with E-state index in [0.29, 0.717) is 5.69 Å². The number of benzene rings is 1. The number of carbonyl (C=O) groups excluding carboxylic acids is 1. The van der Waals surface area contributed by atoms with E-state index < -0.39 is 18.5 Å². The highest BCUT2D eigenvalue weighted by Gasteiger charge is 2.27. The van der Waals surface area contributed by atoms with Gasteiger partial charge in [-0.25, -0.2) is 0 Å². The summed E-state index contributed by atoms with van der Waals surface area (Å²) in [6.45, 7) is -0.203. The van der Waals surface area contributed by atoms with Crippen LogP contribution in [0.4, 0.5) is 24.5 Å². The van der Waals surface area contributed by atoms with E-state index in [2.05, 4.69) is 0 Å². The summed E-state index contributed by atoms with van der Waals surface area (Å²) < 4.78 is 36.2. The van der Waals surface area contributed by atoms with Crippen molar-refractivity contribution in [3.63, 3.8) is 0 Å². The standard InChI is InChI=1S/C11H14F3N3O/c1-17(5-4-11(12,13)14)7-2-3-9(15)8(6-7)10(16)18/h2-3,6H,4-5,15H2,1H3,(H2,16,18).